The second-order valence-electron chi connectivity index (χ2n) is 8.69. The molecule has 1 saturated carbocycles. The van der Waals surface area contributed by atoms with Gasteiger partial charge in [0.05, 0.1) is 20.3 Å². The summed E-state index contributed by atoms with van der Waals surface area (Å²) in [6.45, 7) is 6.18. The number of nitrogens with zero attached hydrogens (tertiary/aromatic N) is 1. The quantitative estimate of drug-likeness (QED) is 0.591. The monoisotopic (exact) mass is 417 g/mol. The lowest BCUT2D eigenvalue weighted by Gasteiger charge is -2.29. The molecule has 7 heteroatoms. The van der Waals surface area contributed by atoms with Crippen molar-refractivity contribution in [2.45, 2.75) is 45.1 Å². The first-order chi connectivity index (χ1) is 14.5. The van der Waals surface area contributed by atoms with Gasteiger partial charge < -0.3 is 25.2 Å². The molecule has 1 unspecified atom stereocenters. The fourth-order valence-corrected chi connectivity index (χ4v) is 4.20. The van der Waals surface area contributed by atoms with E-state index >= 15 is 0 Å². The number of likely N-dealkylation sites (N-methyl/N-ethyl adjacent to an activating group) is 1. The molecule has 2 aliphatic rings. The smallest absolute Gasteiger partial charge is 0.279 e. The normalized spacial score (nSPS) is 19.7. The first-order valence-corrected chi connectivity index (χ1v) is 11.4. The number of hydrogen-bond donors (Lipinski definition) is 3. The van der Waals surface area contributed by atoms with Crippen molar-refractivity contribution in [3.63, 3.8) is 0 Å². The lowest BCUT2D eigenvalue weighted by Crippen LogP contribution is -3.15. The van der Waals surface area contributed by atoms with E-state index in [-0.39, 0.29) is 24.4 Å². The Labute approximate surface area is 180 Å². The van der Waals surface area contributed by atoms with Gasteiger partial charge in [-0.15, -0.1) is 0 Å². The van der Waals surface area contributed by atoms with Crippen LogP contribution < -0.4 is 20.4 Å². The zero-order chi connectivity index (χ0) is 21.3. The predicted molar refractivity (Wildman–Crippen MR) is 119 cm³/mol. The molecule has 0 radical (unpaired) electrons. The molecular formula is C23H37N4O3+. The molecule has 7 nitrogen and oxygen atoms in total. The molecule has 1 saturated heterocycles. The zero-order valence-corrected chi connectivity index (χ0v) is 18.4. The summed E-state index contributed by atoms with van der Waals surface area (Å²) >= 11 is 0. The van der Waals surface area contributed by atoms with Gasteiger partial charge in [0.15, 0.2) is 12.6 Å². The molecule has 2 amide bonds. The highest BCUT2D eigenvalue weighted by Gasteiger charge is 2.25. The number of amides is 2. The number of quaternary nitrogens is 1. The molecule has 2 fully saturated rings. The summed E-state index contributed by atoms with van der Waals surface area (Å²) in [6.07, 6.45) is 6.29. The van der Waals surface area contributed by atoms with Crippen LogP contribution >= 0.6 is 0 Å². The Bertz CT molecular complexity index is 682. The summed E-state index contributed by atoms with van der Waals surface area (Å²) in [5, 5.41) is 6.03. The van der Waals surface area contributed by atoms with Crippen LogP contribution in [-0.2, 0) is 14.3 Å². The molecule has 1 aromatic rings. The largest absolute Gasteiger partial charge is 0.378 e. The van der Waals surface area contributed by atoms with E-state index in [4.69, 9.17) is 4.74 Å². The fourth-order valence-electron chi connectivity index (χ4n) is 4.20. The minimum atomic E-state index is -0.261. The second kappa shape index (κ2) is 11.3. The van der Waals surface area contributed by atoms with Gasteiger partial charge in [0.1, 0.15) is 0 Å². The lowest BCUT2D eigenvalue weighted by molar-refractivity contribution is -0.885. The zero-order valence-electron chi connectivity index (χ0n) is 18.4. The van der Waals surface area contributed by atoms with Crippen LogP contribution in [0.1, 0.15) is 39.0 Å². The Balaban J connectivity index is 1.41. The number of ether oxygens (including phenoxy) is 1. The maximum Gasteiger partial charge on any atom is 0.279 e. The van der Waals surface area contributed by atoms with Crippen LogP contribution in [0.3, 0.4) is 0 Å². The Hall–Kier alpha value is -2.12. The average molecular weight is 418 g/mol. The maximum absolute atomic E-state index is 12.5. The van der Waals surface area contributed by atoms with E-state index in [0.29, 0.717) is 5.92 Å². The van der Waals surface area contributed by atoms with Gasteiger partial charge in [-0.05, 0) is 49.9 Å². The minimum absolute atomic E-state index is 0.0285. The van der Waals surface area contributed by atoms with E-state index in [2.05, 4.69) is 15.5 Å². The van der Waals surface area contributed by atoms with Gasteiger partial charge in [-0.2, -0.15) is 0 Å². The summed E-state index contributed by atoms with van der Waals surface area (Å²) in [5.41, 5.74) is 1.92. The minimum Gasteiger partial charge on any atom is -0.378 e. The van der Waals surface area contributed by atoms with Crippen LogP contribution in [0.5, 0.6) is 0 Å². The molecule has 3 N–H and O–H groups in total. The van der Waals surface area contributed by atoms with Crippen molar-refractivity contribution >= 4 is 23.2 Å². The third-order valence-corrected chi connectivity index (χ3v) is 6.39. The number of hydrogen-bond acceptors (Lipinski definition) is 4. The van der Waals surface area contributed by atoms with Crippen molar-refractivity contribution in [1.82, 2.24) is 5.32 Å². The van der Waals surface area contributed by atoms with E-state index in [1.807, 2.05) is 38.2 Å². The molecule has 1 aliphatic carbocycles. The van der Waals surface area contributed by atoms with Gasteiger partial charge in [-0.3, -0.25) is 9.59 Å². The Morgan fingerprint density at radius 2 is 1.80 bits per heavy atom. The van der Waals surface area contributed by atoms with Crippen molar-refractivity contribution in [3.05, 3.63) is 24.3 Å². The molecule has 0 bridgehead atoms. The van der Waals surface area contributed by atoms with Crippen LogP contribution in [0.4, 0.5) is 11.4 Å². The number of carbonyl (C=O) groups is 2. The SMILES string of the molecule is C[C@@H](C(=O)NCC1CCCCC1)[NH+](C)CC(=O)Nc1ccc(N2CCOCC2)cc1. The van der Waals surface area contributed by atoms with Crippen molar-refractivity contribution < 1.29 is 19.2 Å². The summed E-state index contributed by atoms with van der Waals surface area (Å²) in [4.78, 5) is 28.1. The summed E-state index contributed by atoms with van der Waals surface area (Å²) in [5.74, 6) is 0.554. The van der Waals surface area contributed by atoms with Crippen molar-refractivity contribution in [2.75, 3.05) is 56.7 Å². The highest BCUT2D eigenvalue weighted by Crippen LogP contribution is 2.22. The van der Waals surface area contributed by atoms with Crippen LogP contribution in [0.15, 0.2) is 24.3 Å². The van der Waals surface area contributed by atoms with Gasteiger partial charge in [0.2, 0.25) is 0 Å². The molecule has 2 atom stereocenters. The van der Waals surface area contributed by atoms with Gasteiger partial charge >= 0.3 is 0 Å². The Morgan fingerprint density at radius 1 is 1.13 bits per heavy atom. The van der Waals surface area contributed by atoms with Gasteiger partial charge in [-0.25, -0.2) is 0 Å². The van der Waals surface area contributed by atoms with Crippen LogP contribution in [-0.4, -0.2) is 64.3 Å². The molecule has 0 aromatic heterocycles. The van der Waals surface area contributed by atoms with Crippen LogP contribution in [0, 0.1) is 5.92 Å². The van der Waals surface area contributed by atoms with Crippen molar-refractivity contribution in [2.24, 2.45) is 5.92 Å². The van der Waals surface area contributed by atoms with Gasteiger partial charge in [0, 0.05) is 31.0 Å². The molecule has 30 heavy (non-hydrogen) atoms. The highest BCUT2D eigenvalue weighted by molar-refractivity contribution is 5.91. The third kappa shape index (κ3) is 6.71. The topological polar surface area (TPSA) is 75.1 Å². The fraction of sp³-hybridized carbons (Fsp3) is 0.652. The second-order valence-corrected chi connectivity index (χ2v) is 8.69. The molecule has 1 aromatic carbocycles. The highest BCUT2D eigenvalue weighted by atomic mass is 16.5. The standard InChI is InChI=1S/C23H36N4O3/c1-18(23(29)24-16-19-6-4-3-5-7-19)26(2)17-22(28)25-20-8-10-21(11-9-20)27-12-14-30-15-13-27/h8-11,18-19H,3-7,12-17H2,1-2H3,(H,24,29)(H,25,28)/p+1/t18-/m0/s1. The lowest BCUT2D eigenvalue weighted by atomic mass is 9.89. The van der Waals surface area contributed by atoms with Crippen molar-refractivity contribution in [1.29, 1.82) is 0 Å². The Kier molecular flexibility index (Phi) is 8.51. The predicted octanol–water partition coefficient (Wildman–Crippen LogP) is 1.06. The number of benzene rings is 1. The molecule has 3 rings (SSSR count). The van der Waals surface area contributed by atoms with E-state index in [0.717, 1.165) is 49.1 Å². The first-order valence-electron chi connectivity index (χ1n) is 11.4. The number of anilines is 2. The molecule has 1 aliphatic heterocycles. The third-order valence-electron chi connectivity index (χ3n) is 6.39. The van der Waals surface area contributed by atoms with Crippen molar-refractivity contribution in [3.8, 4) is 0 Å². The van der Waals surface area contributed by atoms with E-state index in [1.54, 1.807) is 0 Å². The molecule has 0 spiro atoms. The molecule has 166 valence electrons. The summed E-state index contributed by atoms with van der Waals surface area (Å²) in [6, 6.07) is 7.65. The van der Waals surface area contributed by atoms with Gasteiger partial charge in [0.25, 0.3) is 11.8 Å². The summed E-state index contributed by atoms with van der Waals surface area (Å²) in [7, 11) is 1.89. The average Bonchev–Trinajstić information content (AvgIpc) is 2.78. The number of morpholine rings is 1. The summed E-state index contributed by atoms with van der Waals surface area (Å²) < 4.78 is 5.39. The van der Waals surface area contributed by atoms with E-state index < -0.39 is 0 Å². The van der Waals surface area contributed by atoms with Gasteiger partial charge in [-0.1, -0.05) is 19.3 Å². The maximum atomic E-state index is 12.5. The van der Waals surface area contributed by atoms with Crippen LogP contribution in [0.2, 0.25) is 0 Å². The molecular weight excluding hydrogens is 380 g/mol. The van der Waals surface area contributed by atoms with E-state index in [1.165, 1.54) is 32.1 Å². The van der Waals surface area contributed by atoms with E-state index in [9.17, 15) is 9.59 Å². The molecule has 1 heterocycles. The number of nitrogens with one attached hydrogen (secondary N) is 3. The number of rotatable bonds is 8. The Morgan fingerprint density at radius 3 is 2.47 bits per heavy atom. The first kappa shape index (κ1) is 22.6. The number of carbonyl (C=O) groups excluding carboxylic acids is 2. The van der Waals surface area contributed by atoms with Crippen LogP contribution in [0.25, 0.3) is 0 Å².